The molecule has 7 rings (SSSR count). The Kier molecular flexibility index (Phi) is 4.62. The van der Waals surface area contributed by atoms with Crippen molar-refractivity contribution in [1.29, 1.82) is 0 Å². The van der Waals surface area contributed by atoms with Crippen molar-refractivity contribution in [1.82, 2.24) is 4.57 Å². The van der Waals surface area contributed by atoms with Crippen molar-refractivity contribution >= 4 is 32.6 Å². The predicted molar refractivity (Wildman–Crippen MR) is 152 cm³/mol. The molecular formula is C34H25NO. The summed E-state index contributed by atoms with van der Waals surface area (Å²) >= 11 is 0. The van der Waals surface area contributed by atoms with Gasteiger partial charge in [0.05, 0.1) is 18.1 Å². The van der Waals surface area contributed by atoms with Crippen LogP contribution < -0.4 is 4.74 Å². The second kappa shape index (κ2) is 8.00. The first-order valence-corrected chi connectivity index (χ1v) is 12.3. The van der Waals surface area contributed by atoms with Gasteiger partial charge >= 0.3 is 0 Å². The minimum Gasteiger partial charge on any atom is -0.497 e. The molecule has 0 saturated carbocycles. The lowest BCUT2D eigenvalue weighted by Gasteiger charge is -2.10. The number of aryl methyl sites for hydroxylation is 1. The Morgan fingerprint density at radius 2 is 1.06 bits per heavy atom. The van der Waals surface area contributed by atoms with E-state index in [1.807, 2.05) is 12.1 Å². The Labute approximate surface area is 210 Å². The number of hydrogen-bond donors (Lipinski definition) is 0. The molecule has 7 aromatic rings. The van der Waals surface area contributed by atoms with Gasteiger partial charge < -0.3 is 9.30 Å². The summed E-state index contributed by atoms with van der Waals surface area (Å²) in [7, 11) is 1.71. The first-order chi connectivity index (χ1) is 17.7. The monoisotopic (exact) mass is 463 g/mol. The fraction of sp³-hybridized carbons (Fsp3) is 0.0588. The van der Waals surface area contributed by atoms with Gasteiger partial charge in [0.2, 0.25) is 0 Å². The van der Waals surface area contributed by atoms with Crippen molar-refractivity contribution in [2.45, 2.75) is 6.92 Å². The fourth-order valence-corrected chi connectivity index (χ4v) is 5.49. The van der Waals surface area contributed by atoms with Crippen LogP contribution in [-0.2, 0) is 0 Å². The minimum absolute atomic E-state index is 0.868. The molecule has 0 unspecified atom stereocenters. The fourth-order valence-electron chi connectivity index (χ4n) is 5.49. The Bertz CT molecular complexity index is 1840. The van der Waals surface area contributed by atoms with Gasteiger partial charge in [-0.3, -0.25) is 0 Å². The second-order valence-electron chi connectivity index (χ2n) is 9.52. The molecule has 1 heterocycles. The lowest BCUT2D eigenvalue weighted by atomic mass is 9.95. The summed E-state index contributed by atoms with van der Waals surface area (Å²) in [6, 6.07) is 41.7. The van der Waals surface area contributed by atoms with Crippen LogP contribution in [0.4, 0.5) is 0 Å². The van der Waals surface area contributed by atoms with E-state index < -0.39 is 0 Å². The van der Waals surface area contributed by atoms with Crippen molar-refractivity contribution in [3.05, 3.63) is 121 Å². The smallest absolute Gasteiger partial charge is 0.118 e. The SMILES string of the molecule is COc1ccc(-c2cc3ccc4cc(-c5ccc(C)cc5)cc5c4c3c(c2)n5-c2ccccc2)cc1. The maximum Gasteiger partial charge on any atom is 0.118 e. The summed E-state index contributed by atoms with van der Waals surface area (Å²) in [6.07, 6.45) is 0. The molecule has 1 aromatic heterocycles. The van der Waals surface area contributed by atoms with E-state index in [2.05, 4.69) is 115 Å². The molecule has 0 N–H and O–H groups in total. The highest BCUT2D eigenvalue weighted by molar-refractivity contribution is 6.25. The van der Waals surface area contributed by atoms with Crippen LogP contribution in [-0.4, -0.2) is 11.7 Å². The molecule has 2 heteroatoms. The number of nitrogens with zero attached hydrogens (tertiary/aromatic N) is 1. The molecular weight excluding hydrogens is 438 g/mol. The molecule has 6 aromatic carbocycles. The third-order valence-electron chi connectivity index (χ3n) is 7.29. The molecule has 0 saturated heterocycles. The number of para-hydroxylation sites is 1. The van der Waals surface area contributed by atoms with Crippen LogP contribution in [0.25, 0.3) is 60.5 Å². The number of rotatable bonds is 4. The third kappa shape index (κ3) is 3.19. The van der Waals surface area contributed by atoms with Crippen molar-refractivity contribution in [3.8, 4) is 33.7 Å². The summed E-state index contributed by atoms with van der Waals surface area (Å²) in [4.78, 5) is 0. The molecule has 172 valence electrons. The van der Waals surface area contributed by atoms with Crippen molar-refractivity contribution in [3.63, 3.8) is 0 Å². The molecule has 2 nitrogen and oxygen atoms in total. The minimum atomic E-state index is 0.868. The number of hydrogen-bond acceptors (Lipinski definition) is 1. The van der Waals surface area contributed by atoms with E-state index in [-0.39, 0.29) is 0 Å². The number of methoxy groups -OCH3 is 1. The molecule has 0 amide bonds. The van der Waals surface area contributed by atoms with E-state index in [4.69, 9.17) is 4.74 Å². The molecule has 0 aliphatic rings. The van der Waals surface area contributed by atoms with Gasteiger partial charge in [-0.1, -0.05) is 72.3 Å². The topological polar surface area (TPSA) is 14.2 Å². The first kappa shape index (κ1) is 20.8. The van der Waals surface area contributed by atoms with Gasteiger partial charge in [0.1, 0.15) is 5.75 Å². The van der Waals surface area contributed by atoms with Crippen LogP contribution in [0.1, 0.15) is 5.56 Å². The van der Waals surface area contributed by atoms with Crippen LogP contribution in [0, 0.1) is 6.92 Å². The maximum atomic E-state index is 5.38. The molecule has 36 heavy (non-hydrogen) atoms. The highest BCUT2D eigenvalue weighted by atomic mass is 16.5. The zero-order chi connectivity index (χ0) is 24.2. The van der Waals surface area contributed by atoms with Gasteiger partial charge in [0.15, 0.2) is 0 Å². The van der Waals surface area contributed by atoms with Crippen molar-refractivity contribution in [2.24, 2.45) is 0 Å². The number of benzene rings is 6. The van der Waals surface area contributed by atoms with E-state index in [1.165, 1.54) is 66.1 Å². The normalized spacial score (nSPS) is 11.6. The van der Waals surface area contributed by atoms with E-state index in [9.17, 15) is 0 Å². The number of ether oxygens (including phenoxy) is 1. The van der Waals surface area contributed by atoms with Crippen LogP contribution in [0.2, 0.25) is 0 Å². The highest BCUT2D eigenvalue weighted by Crippen LogP contribution is 2.43. The Morgan fingerprint density at radius 3 is 1.58 bits per heavy atom. The molecule has 0 spiro atoms. The Morgan fingerprint density at radius 1 is 0.528 bits per heavy atom. The van der Waals surface area contributed by atoms with Crippen LogP contribution >= 0.6 is 0 Å². The van der Waals surface area contributed by atoms with E-state index >= 15 is 0 Å². The van der Waals surface area contributed by atoms with Gasteiger partial charge in [0, 0.05) is 16.5 Å². The Balaban J connectivity index is 1.57. The zero-order valence-electron chi connectivity index (χ0n) is 20.3. The van der Waals surface area contributed by atoms with Crippen LogP contribution in [0.3, 0.4) is 0 Å². The first-order valence-electron chi connectivity index (χ1n) is 12.3. The van der Waals surface area contributed by atoms with Crippen molar-refractivity contribution < 1.29 is 4.74 Å². The maximum absolute atomic E-state index is 5.38. The average molecular weight is 464 g/mol. The molecule has 0 fully saturated rings. The summed E-state index contributed by atoms with van der Waals surface area (Å²) in [5, 5.41) is 5.17. The second-order valence-corrected chi connectivity index (χ2v) is 9.52. The summed E-state index contributed by atoms with van der Waals surface area (Å²) in [6.45, 7) is 2.13. The van der Waals surface area contributed by atoms with Gasteiger partial charge in [-0.05, 0) is 88.5 Å². The number of aromatic nitrogens is 1. The largest absolute Gasteiger partial charge is 0.497 e. The summed E-state index contributed by atoms with van der Waals surface area (Å²) < 4.78 is 7.81. The molecule has 0 atom stereocenters. The molecule has 0 aliphatic heterocycles. The molecule has 0 aliphatic carbocycles. The van der Waals surface area contributed by atoms with E-state index in [1.54, 1.807) is 7.11 Å². The van der Waals surface area contributed by atoms with E-state index in [0.29, 0.717) is 0 Å². The lowest BCUT2D eigenvalue weighted by molar-refractivity contribution is 0.415. The third-order valence-corrected chi connectivity index (χ3v) is 7.29. The van der Waals surface area contributed by atoms with Crippen LogP contribution in [0.15, 0.2) is 115 Å². The summed E-state index contributed by atoms with van der Waals surface area (Å²) in [5.74, 6) is 0.868. The average Bonchev–Trinajstić information content (AvgIpc) is 3.27. The lowest BCUT2D eigenvalue weighted by Crippen LogP contribution is -1.94. The zero-order valence-corrected chi connectivity index (χ0v) is 20.3. The van der Waals surface area contributed by atoms with Gasteiger partial charge in [-0.25, -0.2) is 0 Å². The van der Waals surface area contributed by atoms with Gasteiger partial charge in [-0.2, -0.15) is 0 Å². The summed E-state index contributed by atoms with van der Waals surface area (Å²) in [5.41, 5.74) is 9.76. The van der Waals surface area contributed by atoms with E-state index in [0.717, 1.165) is 5.75 Å². The molecule has 0 bridgehead atoms. The van der Waals surface area contributed by atoms with Gasteiger partial charge in [-0.15, -0.1) is 0 Å². The van der Waals surface area contributed by atoms with Crippen molar-refractivity contribution in [2.75, 3.05) is 7.11 Å². The predicted octanol–water partition coefficient (Wildman–Crippen LogP) is 9.03. The Hall–Kier alpha value is -4.56. The quantitative estimate of drug-likeness (QED) is 0.238. The highest BCUT2D eigenvalue weighted by Gasteiger charge is 2.19. The molecule has 0 radical (unpaired) electrons. The van der Waals surface area contributed by atoms with Crippen LogP contribution in [0.5, 0.6) is 5.75 Å². The standard InChI is InChI=1S/C34H25NO/c1-22-8-10-23(11-9-22)27-18-25-12-13-26-19-28(24-14-16-30(36-2)17-15-24)21-32-34(26)33(25)31(20-27)35(32)29-6-4-3-5-7-29/h3-21H,1-2H3. The van der Waals surface area contributed by atoms with Gasteiger partial charge in [0.25, 0.3) is 0 Å².